The van der Waals surface area contributed by atoms with Crippen LogP contribution >= 0.6 is 0 Å². The number of nitrogens with zero attached hydrogens (tertiary/aromatic N) is 1. The zero-order valence-electron chi connectivity index (χ0n) is 7.94. The first-order chi connectivity index (χ1) is 6.58. The normalized spacial score (nSPS) is 11.5. The molecule has 0 bridgehead atoms. The summed E-state index contributed by atoms with van der Waals surface area (Å²) in [7, 11) is 0. The van der Waals surface area contributed by atoms with Crippen LogP contribution in [0, 0.1) is 11.6 Å². The maximum absolute atomic E-state index is 13.2. The number of rotatable bonds is 1. The SMILES string of the molecule is CC(C)c1nc2c(F)cc(F)cc2[nH]1.[HH]. The summed E-state index contributed by atoms with van der Waals surface area (Å²) < 4.78 is 26.0. The predicted octanol–water partition coefficient (Wildman–Crippen LogP) is 3.21. The Morgan fingerprint density at radius 1 is 1.36 bits per heavy atom. The van der Waals surface area contributed by atoms with E-state index in [1.807, 2.05) is 13.8 Å². The van der Waals surface area contributed by atoms with Crippen LogP contribution in [0.4, 0.5) is 8.78 Å². The second kappa shape index (κ2) is 3.04. The Morgan fingerprint density at radius 3 is 2.71 bits per heavy atom. The van der Waals surface area contributed by atoms with Crippen LogP contribution in [0.1, 0.15) is 27.0 Å². The first-order valence-corrected chi connectivity index (χ1v) is 4.42. The minimum Gasteiger partial charge on any atom is -0.342 e. The summed E-state index contributed by atoms with van der Waals surface area (Å²) in [5.74, 6) is -0.369. The second-order valence-electron chi connectivity index (χ2n) is 3.56. The van der Waals surface area contributed by atoms with Crippen molar-refractivity contribution < 1.29 is 10.2 Å². The number of nitrogens with one attached hydrogen (secondary N) is 1. The number of halogens is 2. The van der Waals surface area contributed by atoms with E-state index < -0.39 is 11.6 Å². The molecule has 2 rings (SSSR count). The van der Waals surface area contributed by atoms with Gasteiger partial charge >= 0.3 is 0 Å². The molecule has 14 heavy (non-hydrogen) atoms. The highest BCUT2D eigenvalue weighted by molar-refractivity contribution is 5.75. The lowest BCUT2D eigenvalue weighted by Gasteiger charge is -1.95. The number of aromatic nitrogens is 2. The molecule has 1 N–H and O–H groups in total. The molecule has 0 saturated heterocycles. The molecule has 0 unspecified atom stereocenters. The van der Waals surface area contributed by atoms with Gasteiger partial charge in [0.25, 0.3) is 0 Å². The third kappa shape index (κ3) is 1.36. The Balaban J connectivity index is 0.00000112. The minimum absolute atomic E-state index is 0. The van der Waals surface area contributed by atoms with E-state index in [1.54, 1.807) is 0 Å². The van der Waals surface area contributed by atoms with Crippen molar-refractivity contribution in [2.75, 3.05) is 0 Å². The van der Waals surface area contributed by atoms with E-state index in [0.29, 0.717) is 11.3 Å². The summed E-state index contributed by atoms with van der Waals surface area (Å²) in [5.41, 5.74) is 0.612. The van der Waals surface area contributed by atoms with Crippen LogP contribution in [-0.4, -0.2) is 9.97 Å². The molecule has 4 heteroatoms. The van der Waals surface area contributed by atoms with Crippen molar-refractivity contribution in [1.29, 1.82) is 0 Å². The van der Waals surface area contributed by atoms with Gasteiger partial charge in [-0.15, -0.1) is 0 Å². The van der Waals surface area contributed by atoms with Crippen molar-refractivity contribution in [2.24, 2.45) is 0 Å². The molecule has 0 aliphatic carbocycles. The van der Waals surface area contributed by atoms with Crippen molar-refractivity contribution in [3.63, 3.8) is 0 Å². The lowest BCUT2D eigenvalue weighted by Crippen LogP contribution is -1.88. The maximum Gasteiger partial charge on any atom is 0.153 e. The lowest BCUT2D eigenvalue weighted by atomic mass is 10.2. The number of aromatic amines is 1. The zero-order valence-corrected chi connectivity index (χ0v) is 7.94. The van der Waals surface area contributed by atoms with E-state index in [1.165, 1.54) is 6.07 Å². The number of imidazole rings is 1. The molecule has 76 valence electrons. The van der Waals surface area contributed by atoms with Gasteiger partial charge in [-0.25, -0.2) is 13.8 Å². The Bertz CT molecular complexity index is 479. The Kier molecular flexibility index (Phi) is 1.98. The standard InChI is InChI=1S/C10H10F2N2.H2/c1-5(2)10-13-8-4-6(11)3-7(12)9(8)14-10;/h3-5H,1-2H3,(H,13,14);1H. The molecule has 0 saturated carbocycles. The molecular formula is C10H12F2N2. The van der Waals surface area contributed by atoms with Crippen LogP contribution in [-0.2, 0) is 0 Å². The number of hydrogen-bond donors (Lipinski definition) is 1. The molecule has 1 aromatic carbocycles. The number of H-pyrrole nitrogens is 1. The summed E-state index contributed by atoms with van der Waals surface area (Å²) in [4.78, 5) is 6.94. The highest BCUT2D eigenvalue weighted by atomic mass is 19.1. The summed E-state index contributed by atoms with van der Waals surface area (Å²) >= 11 is 0. The zero-order chi connectivity index (χ0) is 10.3. The lowest BCUT2D eigenvalue weighted by molar-refractivity contribution is 0.590. The van der Waals surface area contributed by atoms with Gasteiger partial charge in [-0.1, -0.05) is 13.8 Å². The third-order valence-electron chi connectivity index (χ3n) is 2.07. The average Bonchev–Trinajstić information content (AvgIpc) is 2.47. The highest BCUT2D eigenvalue weighted by Crippen LogP contribution is 2.20. The first-order valence-electron chi connectivity index (χ1n) is 4.42. The Hall–Kier alpha value is -1.45. The molecule has 0 spiro atoms. The second-order valence-corrected chi connectivity index (χ2v) is 3.56. The molecule has 2 nitrogen and oxygen atoms in total. The Morgan fingerprint density at radius 2 is 2.07 bits per heavy atom. The number of benzene rings is 1. The van der Waals surface area contributed by atoms with E-state index in [4.69, 9.17) is 0 Å². The van der Waals surface area contributed by atoms with Gasteiger partial charge in [0.2, 0.25) is 0 Å². The van der Waals surface area contributed by atoms with Gasteiger partial charge in [0.1, 0.15) is 17.2 Å². The number of fused-ring (bicyclic) bond motifs is 1. The van der Waals surface area contributed by atoms with Crippen molar-refractivity contribution in [1.82, 2.24) is 9.97 Å². The van der Waals surface area contributed by atoms with Crippen LogP contribution in [0.2, 0.25) is 0 Å². The van der Waals surface area contributed by atoms with E-state index >= 15 is 0 Å². The van der Waals surface area contributed by atoms with Crippen molar-refractivity contribution >= 4 is 11.0 Å². The quantitative estimate of drug-likeness (QED) is 0.748. The molecular weight excluding hydrogens is 186 g/mol. The molecule has 0 radical (unpaired) electrons. The van der Waals surface area contributed by atoms with Gasteiger partial charge in [0.15, 0.2) is 5.82 Å². The van der Waals surface area contributed by atoms with Gasteiger partial charge < -0.3 is 4.98 Å². The average molecular weight is 198 g/mol. The molecule has 0 atom stereocenters. The molecule has 0 fully saturated rings. The summed E-state index contributed by atoms with van der Waals surface area (Å²) in [6.45, 7) is 3.87. The van der Waals surface area contributed by atoms with E-state index in [-0.39, 0.29) is 12.9 Å². The summed E-state index contributed by atoms with van der Waals surface area (Å²) in [5, 5.41) is 0. The van der Waals surface area contributed by atoms with Crippen molar-refractivity contribution in [3.8, 4) is 0 Å². The van der Waals surface area contributed by atoms with Gasteiger partial charge in [-0.05, 0) is 6.07 Å². The largest absolute Gasteiger partial charge is 0.342 e. The maximum atomic E-state index is 13.2. The molecule has 0 aliphatic heterocycles. The van der Waals surface area contributed by atoms with Gasteiger partial charge in [0, 0.05) is 13.4 Å². The fraction of sp³-hybridized carbons (Fsp3) is 0.300. The summed E-state index contributed by atoms with van der Waals surface area (Å²) in [6, 6.07) is 2.09. The highest BCUT2D eigenvalue weighted by Gasteiger charge is 2.11. The molecule has 1 heterocycles. The van der Waals surface area contributed by atoms with Gasteiger partial charge in [-0.2, -0.15) is 0 Å². The van der Waals surface area contributed by atoms with Crippen molar-refractivity contribution in [3.05, 3.63) is 29.6 Å². The van der Waals surface area contributed by atoms with E-state index in [0.717, 1.165) is 6.07 Å². The fourth-order valence-corrected chi connectivity index (χ4v) is 1.33. The fourth-order valence-electron chi connectivity index (χ4n) is 1.33. The first kappa shape index (κ1) is 9.12. The van der Waals surface area contributed by atoms with Crippen LogP contribution in [0.5, 0.6) is 0 Å². The van der Waals surface area contributed by atoms with Gasteiger partial charge in [0.05, 0.1) is 5.52 Å². The van der Waals surface area contributed by atoms with E-state index in [2.05, 4.69) is 9.97 Å². The van der Waals surface area contributed by atoms with Crippen LogP contribution in [0.15, 0.2) is 12.1 Å². The number of hydrogen-bond acceptors (Lipinski definition) is 1. The van der Waals surface area contributed by atoms with Gasteiger partial charge in [-0.3, -0.25) is 0 Å². The van der Waals surface area contributed by atoms with Crippen LogP contribution in [0.25, 0.3) is 11.0 Å². The molecule has 0 amide bonds. The monoisotopic (exact) mass is 198 g/mol. The summed E-state index contributed by atoms with van der Waals surface area (Å²) in [6.07, 6.45) is 0. The molecule has 2 aromatic rings. The molecule has 1 aromatic heterocycles. The molecule has 0 aliphatic rings. The smallest absolute Gasteiger partial charge is 0.153 e. The van der Waals surface area contributed by atoms with Crippen LogP contribution < -0.4 is 0 Å². The van der Waals surface area contributed by atoms with Crippen molar-refractivity contribution in [2.45, 2.75) is 19.8 Å². The topological polar surface area (TPSA) is 28.7 Å². The van der Waals surface area contributed by atoms with E-state index in [9.17, 15) is 8.78 Å². The predicted molar refractivity (Wildman–Crippen MR) is 52.2 cm³/mol. The minimum atomic E-state index is -0.622. The van der Waals surface area contributed by atoms with Crippen LogP contribution in [0.3, 0.4) is 0 Å². The Labute approximate surface area is 81.5 Å². The third-order valence-corrected chi connectivity index (χ3v) is 2.07.